The molecule has 0 aliphatic heterocycles. The molecule has 2 aromatic rings. The summed E-state index contributed by atoms with van der Waals surface area (Å²) in [6.07, 6.45) is 0. The van der Waals surface area contributed by atoms with Crippen molar-refractivity contribution in [2.75, 3.05) is 10.0 Å². The topological polar surface area (TPSA) is 75.3 Å². The fourth-order valence-electron chi connectivity index (χ4n) is 2.08. The maximum absolute atomic E-state index is 12.5. The molecule has 0 aliphatic rings. The molecule has 0 heterocycles. The smallest absolute Gasteiger partial charge is 0.261 e. The number of amides is 1. The lowest BCUT2D eigenvalue weighted by Gasteiger charge is -2.13. The van der Waals surface area contributed by atoms with Gasteiger partial charge in [-0.3, -0.25) is 9.52 Å². The summed E-state index contributed by atoms with van der Waals surface area (Å²) in [5, 5.41) is 3.19. The average molecular weight is 353 g/mol. The van der Waals surface area contributed by atoms with Gasteiger partial charge in [-0.1, -0.05) is 11.6 Å². The van der Waals surface area contributed by atoms with Gasteiger partial charge in [0.1, 0.15) is 0 Å². The molecule has 0 aliphatic carbocycles. The minimum absolute atomic E-state index is 0.124. The first-order valence-corrected chi connectivity index (χ1v) is 8.72. The van der Waals surface area contributed by atoms with Gasteiger partial charge < -0.3 is 5.32 Å². The minimum atomic E-state index is -3.72. The first-order chi connectivity index (χ1) is 10.7. The lowest BCUT2D eigenvalue weighted by atomic mass is 10.2. The van der Waals surface area contributed by atoms with E-state index in [1.165, 1.54) is 19.1 Å². The van der Waals surface area contributed by atoms with E-state index < -0.39 is 10.0 Å². The molecule has 0 fully saturated rings. The van der Waals surface area contributed by atoms with Crippen molar-refractivity contribution in [1.29, 1.82) is 0 Å². The number of hydrogen-bond donors (Lipinski definition) is 2. The Morgan fingerprint density at radius 3 is 2.17 bits per heavy atom. The van der Waals surface area contributed by atoms with Gasteiger partial charge >= 0.3 is 0 Å². The highest BCUT2D eigenvalue weighted by atomic mass is 35.5. The second-order valence-corrected chi connectivity index (χ2v) is 7.34. The minimum Gasteiger partial charge on any atom is -0.326 e. The maximum Gasteiger partial charge on any atom is 0.261 e. The molecule has 5 nitrogen and oxygen atoms in total. The monoisotopic (exact) mass is 352 g/mol. The van der Waals surface area contributed by atoms with E-state index in [-0.39, 0.29) is 10.8 Å². The summed E-state index contributed by atoms with van der Waals surface area (Å²) in [7, 11) is -3.72. The van der Waals surface area contributed by atoms with Crippen LogP contribution in [-0.2, 0) is 14.8 Å². The second-order valence-electron chi connectivity index (χ2n) is 5.22. The highest BCUT2D eigenvalue weighted by Gasteiger charge is 2.16. The maximum atomic E-state index is 12.5. The third-order valence-corrected chi connectivity index (χ3v) is 4.85. The van der Waals surface area contributed by atoms with Crippen LogP contribution in [0.1, 0.15) is 18.1 Å². The van der Waals surface area contributed by atoms with Gasteiger partial charge in [0.15, 0.2) is 0 Å². The van der Waals surface area contributed by atoms with E-state index >= 15 is 0 Å². The summed E-state index contributed by atoms with van der Waals surface area (Å²) in [5.74, 6) is -0.210. The van der Waals surface area contributed by atoms with Gasteiger partial charge in [0.05, 0.1) is 10.6 Å². The Morgan fingerprint density at radius 1 is 1.00 bits per heavy atom. The van der Waals surface area contributed by atoms with Crippen LogP contribution in [0.3, 0.4) is 0 Å². The second kappa shape index (κ2) is 6.60. The first-order valence-electron chi connectivity index (χ1n) is 6.86. The molecule has 23 heavy (non-hydrogen) atoms. The molecule has 7 heteroatoms. The SMILES string of the molecule is CC(=O)Nc1ccc(S(=O)(=O)Nc2ccc(Cl)cc2C)cc1C. The van der Waals surface area contributed by atoms with Gasteiger partial charge in [-0.25, -0.2) is 8.42 Å². The summed E-state index contributed by atoms with van der Waals surface area (Å²) in [5.41, 5.74) is 2.45. The fraction of sp³-hybridized carbons (Fsp3) is 0.188. The first kappa shape index (κ1) is 17.3. The molecular weight excluding hydrogens is 336 g/mol. The number of sulfonamides is 1. The zero-order valence-corrected chi connectivity index (χ0v) is 14.5. The van der Waals surface area contributed by atoms with Crippen LogP contribution < -0.4 is 10.0 Å². The summed E-state index contributed by atoms with van der Waals surface area (Å²) in [6.45, 7) is 4.90. The molecule has 0 radical (unpaired) electrons. The van der Waals surface area contributed by atoms with Crippen molar-refractivity contribution in [2.24, 2.45) is 0 Å². The van der Waals surface area contributed by atoms with E-state index in [1.807, 2.05) is 0 Å². The van der Waals surface area contributed by atoms with E-state index in [4.69, 9.17) is 11.6 Å². The number of halogens is 1. The lowest BCUT2D eigenvalue weighted by Crippen LogP contribution is -2.14. The third kappa shape index (κ3) is 4.24. The largest absolute Gasteiger partial charge is 0.326 e. The Kier molecular flexibility index (Phi) is 4.97. The zero-order valence-electron chi connectivity index (χ0n) is 13.0. The van der Waals surface area contributed by atoms with Crippen LogP contribution in [0.4, 0.5) is 11.4 Å². The summed E-state index contributed by atoms with van der Waals surface area (Å²) >= 11 is 5.87. The Balaban J connectivity index is 2.32. The molecule has 0 saturated carbocycles. The number of hydrogen-bond acceptors (Lipinski definition) is 3. The van der Waals surface area contributed by atoms with Crippen molar-refractivity contribution in [2.45, 2.75) is 25.7 Å². The number of carbonyl (C=O) groups is 1. The molecule has 1 amide bonds. The molecule has 122 valence electrons. The highest BCUT2D eigenvalue weighted by Crippen LogP contribution is 2.25. The number of carbonyl (C=O) groups excluding carboxylic acids is 1. The molecule has 2 aromatic carbocycles. The predicted octanol–water partition coefficient (Wildman–Crippen LogP) is 3.72. The van der Waals surface area contributed by atoms with E-state index in [0.717, 1.165) is 5.56 Å². The molecule has 0 spiro atoms. The van der Waals surface area contributed by atoms with Crippen molar-refractivity contribution in [3.8, 4) is 0 Å². The molecule has 0 atom stereocenters. The number of nitrogens with one attached hydrogen (secondary N) is 2. The number of anilines is 2. The zero-order chi connectivity index (χ0) is 17.2. The molecular formula is C16H17ClN2O3S. The van der Waals surface area contributed by atoms with Crippen LogP contribution >= 0.6 is 11.6 Å². The van der Waals surface area contributed by atoms with E-state index in [9.17, 15) is 13.2 Å². The molecule has 0 saturated heterocycles. The van der Waals surface area contributed by atoms with Crippen molar-refractivity contribution >= 4 is 38.9 Å². The van der Waals surface area contributed by atoms with E-state index in [2.05, 4.69) is 10.0 Å². The van der Waals surface area contributed by atoms with Gasteiger partial charge in [-0.15, -0.1) is 0 Å². The Hall–Kier alpha value is -2.05. The van der Waals surface area contributed by atoms with Crippen LogP contribution in [0.15, 0.2) is 41.3 Å². The molecule has 0 unspecified atom stereocenters. The quantitative estimate of drug-likeness (QED) is 0.880. The van der Waals surface area contributed by atoms with Crippen molar-refractivity contribution in [3.05, 3.63) is 52.5 Å². The number of aryl methyl sites for hydroxylation is 2. The van der Waals surface area contributed by atoms with E-state index in [0.29, 0.717) is 22.0 Å². The summed E-state index contributed by atoms with van der Waals surface area (Å²) in [6, 6.07) is 9.46. The van der Waals surface area contributed by atoms with Crippen LogP contribution in [0, 0.1) is 13.8 Å². The van der Waals surface area contributed by atoms with Crippen LogP contribution in [0.25, 0.3) is 0 Å². The standard InChI is InChI=1S/C16H17ClN2O3S/c1-10-8-13(17)4-6-16(10)19-23(21,22)14-5-7-15(11(2)9-14)18-12(3)20/h4-9,19H,1-3H3,(H,18,20). The van der Waals surface area contributed by atoms with Gasteiger partial charge in [-0.05, 0) is 61.4 Å². The van der Waals surface area contributed by atoms with Gasteiger partial charge in [-0.2, -0.15) is 0 Å². The van der Waals surface area contributed by atoms with Crippen molar-refractivity contribution < 1.29 is 13.2 Å². The van der Waals surface area contributed by atoms with Gasteiger partial charge in [0.25, 0.3) is 10.0 Å². The third-order valence-electron chi connectivity index (χ3n) is 3.25. The Morgan fingerprint density at radius 2 is 1.61 bits per heavy atom. The van der Waals surface area contributed by atoms with Crippen molar-refractivity contribution in [1.82, 2.24) is 0 Å². The highest BCUT2D eigenvalue weighted by molar-refractivity contribution is 7.92. The van der Waals surface area contributed by atoms with Crippen LogP contribution in [0.2, 0.25) is 5.02 Å². The van der Waals surface area contributed by atoms with Gasteiger partial charge in [0.2, 0.25) is 5.91 Å². The predicted molar refractivity (Wildman–Crippen MR) is 92.5 cm³/mol. The molecule has 2 N–H and O–H groups in total. The molecule has 0 aromatic heterocycles. The number of rotatable bonds is 4. The number of benzene rings is 2. The summed E-state index contributed by atoms with van der Waals surface area (Å²) in [4.78, 5) is 11.2. The fourth-order valence-corrected chi connectivity index (χ4v) is 3.52. The Bertz CT molecular complexity index is 864. The summed E-state index contributed by atoms with van der Waals surface area (Å²) < 4.78 is 27.5. The lowest BCUT2D eigenvalue weighted by molar-refractivity contribution is -0.114. The van der Waals surface area contributed by atoms with Gasteiger partial charge in [0, 0.05) is 17.6 Å². The average Bonchev–Trinajstić information content (AvgIpc) is 2.43. The van der Waals surface area contributed by atoms with Crippen molar-refractivity contribution in [3.63, 3.8) is 0 Å². The normalized spacial score (nSPS) is 11.1. The van der Waals surface area contributed by atoms with Crippen LogP contribution in [0.5, 0.6) is 0 Å². The van der Waals surface area contributed by atoms with Crippen LogP contribution in [-0.4, -0.2) is 14.3 Å². The molecule has 2 rings (SSSR count). The molecule has 0 bridgehead atoms. The van der Waals surface area contributed by atoms with E-state index in [1.54, 1.807) is 38.1 Å². The Labute approximate surface area is 140 Å².